The van der Waals surface area contributed by atoms with Crippen LogP contribution >= 0.6 is 11.6 Å². The molecule has 0 saturated carbocycles. The Balaban J connectivity index is 0.00000408. The van der Waals surface area contributed by atoms with E-state index >= 15 is 0 Å². The van der Waals surface area contributed by atoms with E-state index in [0.29, 0.717) is 12.5 Å². The highest BCUT2D eigenvalue weighted by atomic mass is 35.5. The maximum atomic E-state index is 13.3. The number of carbonyl (C=O) groups is 1. The highest BCUT2D eigenvalue weighted by Gasteiger charge is 2.39. The summed E-state index contributed by atoms with van der Waals surface area (Å²) in [6.07, 6.45) is 5.69. The van der Waals surface area contributed by atoms with Gasteiger partial charge in [-0.3, -0.25) is 9.78 Å². The molecule has 6 nitrogen and oxygen atoms in total. The molecule has 1 aromatic rings. The number of hydrogen-bond acceptors (Lipinski definition) is 3. The van der Waals surface area contributed by atoms with E-state index in [-0.39, 0.29) is 41.1 Å². The maximum absolute atomic E-state index is 13.3. The Kier molecular flexibility index (Phi) is 12.8. The number of likely N-dealkylation sites (tertiary alicyclic amines) is 1. The first kappa shape index (κ1) is 34.1. The molecule has 2 aliphatic rings. The molecule has 10 heteroatoms. The van der Waals surface area contributed by atoms with Crippen molar-refractivity contribution in [1.29, 1.82) is 0 Å². The number of rotatable bonds is 6. The molecule has 36 heavy (non-hydrogen) atoms. The molecule has 0 aromatic carbocycles. The van der Waals surface area contributed by atoms with Crippen LogP contribution in [0.15, 0.2) is 42.3 Å². The molecule has 0 radical (unpaired) electrons. The van der Waals surface area contributed by atoms with Crippen LogP contribution in [-0.2, 0) is 6.18 Å². The van der Waals surface area contributed by atoms with Crippen LogP contribution in [0.3, 0.4) is 0 Å². The number of halogens is 4. The van der Waals surface area contributed by atoms with Crippen molar-refractivity contribution >= 4 is 17.5 Å². The molecule has 2 heterocycles. The Morgan fingerprint density at radius 2 is 1.97 bits per heavy atom. The predicted octanol–water partition coefficient (Wildman–Crippen LogP) is 4.68. The maximum Gasteiger partial charge on any atom is 0.417 e. The fourth-order valence-electron chi connectivity index (χ4n) is 4.88. The van der Waals surface area contributed by atoms with E-state index < -0.39 is 23.2 Å². The molecule has 1 aromatic heterocycles. The molecule has 0 spiro atoms. The Labute approximate surface area is 217 Å². The van der Waals surface area contributed by atoms with Crippen LogP contribution in [0, 0.1) is 17.3 Å². The standard InChI is InChI=1S/C25H33ClF3N3O.CH4.2H2O/c1-16(2)22(31-23(33)19-13-30-11-9-21(19)25(27,28)29)14-32-12-10-20(24(3,4)15-32)17-5-7-18(26)8-6-17;;;/h5-7,9,11,13,16,18,20,22H,8,10,12,14-15H2,1-4H3,(H,31,33);1H4;2*1H2/t18?,20-,22+;;;/m1.../s1. The highest BCUT2D eigenvalue weighted by molar-refractivity contribution is 6.22. The molecule has 1 amide bonds. The Morgan fingerprint density at radius 3 is 2.50 bits per heavy atom. The van der Waals surface area contributed by atoms with Crippen molar-refractivity contribution in [2.75, 3.05) is 19.6 Å². The van der Waals surface area contributed by atoms with Gasteiger partial charge in [-0.25, -0.2) is 0 Å². The average Bonchev–Trinajstić information content (AvgIpc) is 2.73. The van der Waals surface area contributed by atoms with Crippen LogP contribution in [0.2, 0.25) is 0 Å². The van der Waals surface area contributed by atoms with Crippen molar-refractivity contribution < 1.29 is 28.9 Å². The molecule has 1 fully saturated rings. The summed E-state index contributed by atoms with van der Waals surface area (Å²) >= 11 is 6.18. The van der Waals surface area contributed by atoms with Gasteiger partial charge in [0.05, 0.1) is 16.5 Å². The molecule has 3 rings (SSSR count). The third-order valence-electron chi connectivity index (χ3n) is 6.73. The van der Waals surface area contributed by atoms with E-state index in [4.69, 9.17) is 11.6 Å². The van der Waals surface area contributed by atoms with Crippen LogP contribution in [-0.4, -0.2) is 57.8 Å². The molecule has 5 N–H and O–H groups in total. The molecule has 206 valence electrons. The number of carbonyl (C=O) groups excluding carboxylic acids is 1. The smallest absolute Gasteiger partial charge is 0.412 e. The normalized spacial score (nSPS) is 22.4. The number of nitrogens with one attached hydrogen (secondary N) is 1. The summed E-state index contributed by atoms with van der Waals surface area (Å²) in [7, 11) is 0. The van der Waals surface area contributed by atoms with Gasteiger partial charge in [0.15, 0.2) is 0 Å². The van der Waals surface area contributed by atoms with Crippen molar-refractivity contribution in [2.45, 2.75) is 65.6 Å². The first-order valence-corrected chi connectivity index (χ1v) is 11.9. The molecular weight excluding hydrogens is 495 g/mol. The Bertz CT molecular complexity index is 919. The molecule has 1 aliphatic carbocycles. The Morgan fingerprint density at radius 1 is 1.31 bits per heavy atom. The van der Waals surface area contributed by atoms with Gasteiger partial charge >= 0.3 is 6.18 Å². The molecular formula is C26H41ClF3N3O3. The summed E-state index contributed by atoms with van der Waals surface area (Å²) in [6.45, 7) is 10.7. The van der Waals surface area contributed by atoms with Gasteiger partial charge in [-0.1, -0.05) is 53.3 Å². The van der Waals surface area contributed by atoms with Gasteiger partial charge in [0, 0.05) is 31.5 Å². The number of allylic oxidation sites excluding steroid dienone is 4. The van der Waals surface area contributed by atoms with Crippen molar-refractivity contribution in [3.8, 4) is 0 Å². The summed E-state index contributed by atoms with van der Waals surface area (Å²) in [5.74, 6) is -0.257. The van der Waals surface area contributed by atoms with Gasteiger partial charge in [0.1, 0.15) is 0 Å². The first-order chi connectivity index (χ1) is 15.4. The SMILES string of the molecule is C.CC(C)[C@H](CN1CC[C@H](C2=CCC(Cl)C=C2)C(C)(C)C1)NC(=O)c1cnccc1C(F)(F)F.O.O. The minimum absolute atomic E-state index is 0. The summed E-state index contributed by atoms with van der Waals surface area (Å²) in [5.41, 5.74) is -0.0522. The lowest BCUT2D eigenvalue weighted by Crippen LogP contribution is -2.53. The van der Waals surface area contributed by atoms with E-state index in [1.165, 1.54) is 5.57 Å². The summed E-state index contributed by atoms with van der Waals surface area (Å²) in [6, 6.07) is 0.560. The van der Waals surface area contributed by atoms with Crippen molar-refractivity contribution in [3.05, 3.63) is 53.4 Å². The molecule has 1 aliphatic heterocycles. The fourth-order valence-corrected chi connectivity index (χ4v) is 5.04. The topological polar surface area (TPSA) is 108 Å². The van der Waals surface area contributed by atoms with Crippen molar-refractivity contribution in [3.63, 3.8) is 0 Å². The fraction of sp³-hybridized carbons (Fsp3) is 0.615. The number of nitrogens with zero attached hydrogens (tertiary/aromatic N) is 2. The quantitative estimate of drug-likeness (QED) is 0.534. The first-order valence-electron chi connectivity index (χ1n) is 11.4. The number of aromatic nitrogens is 1. The van der Waals surface area contributed by atoms with Gasteiger partial charge < -0.3 is 21.2 Å². The van der Waals surface area contributed by atoms with E-state index in [1.54, 1.807) is 0 Å². The minimum Gasteiger partial charge on any atom is -0.412 e. The molecule has 1 saturated heterocycles. The number of pyridine rings is 1. The zero-order valence-electron chi connectivity index (χ0n) is 20.6. The van der Waals surface area contributed by atoms with Gasteiger partial charge in [-0.2, -0.15) is 13.2 Å². The highest BCUT2D eigenvalue weighted by Crippen LogP contribution is 2.41. The average molecular weight is 536 g/mol. The molecule has 0 bridgehead atoms. The predicted molar refractivity (Wildman–Crippen MR) is 139 cm³/mol. The third kappa shape index (κ3) is 8.30. The van der Waals surface area contributed by atoms with Crippen LogP contribution in [0.25, 0.3) is 0 Å². The largest absolute Gasteiger partial charge is 0.417 e. The van der Waals surface area contributed by atoms with Crippen molar-refractivity contribution in [2.24, 2.45) is 17.3 Å². The lowest BCUT2D eigenvalue weighted by molar-refractivity contribution is -0.138. The van der Waals surface area contributed by atoms with Crippen LogP contribution in [0.5, 0.6) is 0 Å². The zero-order valence-corrected chi connectivity index (χ0v) is 21.4. The lowest BCUT2D eigenvalue weighted by Gasteiger charge is -2.46. The number of amides is 1. The third-order valence-corrected chi connectivity index (χ3v) is 7.06. The number of piperidine rings is 1. The summed E-state index contributed by atoms with van der Waals surface area (Å²) < 4.78 is 40.0. The number of hydrogen-bond donors (Lipinski definition) is 1. The van der Waals surface area contributed by atoms with Crippen LogP contribution in [0.4, 0.5) is 13.2 Å². The lowest BCUT2D eigenvalue weighted by atomic mass is 9.69. The van der Waals surface area contributed by atoms with Crippen LogP contribution in [0.1, 0.15) is 63.9 Å². The molecule has 3 atom stereocenters. The van der Waals surface area contributed by atoms with E-state index in [2.05, 4.69) is 47.3 Å². The van der Waals surface area contributed by atoms with Gasteiger partial charge in [-0.15, -0.1) is 11.6 Å². The van der Waals surface area contributed by atoms with E-state index in [9.17, 15) is 18.0 Å². The zero-order chi connectivity index (χ0) is 24.4. The van der Waals surface area contributed by atoms with Crippen molar-refractivity contribution in [1.82, 2.24) is 15.2 Å². The summed E-state index contributed by atoms with van der Waals surface area (Å²) in [4.78, 5) is 18.8. The second-order valence-electron chi connectivity index (χ2n) is 10.1. The van der Waals surface area contributed by atoms with Crippen LogP contribution < -0.4 is 5.32 Å². The number of alkyl halides is 4. The van der Waals surface area contributed by atoms with E-state index in [1.807, 2.05) is 13.8 Å². The summed E-state index contributed by atoms with van der Waals surface area (Å²) in [5, 5.41) is 2.90. The second kappa shape index (κ2) is 13.6. The Hall–Kier alpha value is -1.94. The van der Waals surface area contributed by atoms with Gasteiger partial charge in [0.25, 0.3) is 5.91 Å². The molecule has 1 unspecified atom stereocenters. The second-order valence-corrected chi connectivity index (χ2v) is 10.7. The minimum atomic E-state index is -4.61. The van der Waals surface area contributed by atoms with Gasteiger partial charge in [-0.05, 0) is 48.3 Å². The van der Waals surface area contributed by atoms with Gasteiger partial charge in [0.2, 0.25) is 0 Å². The monoisotopic (exact) mass is 535 g/mol. The van der Waals surface area contributed by atoms with E-state index in [0.717, 1.165) is 44.4 Å².